The molecule has 1 aromatic heterocycles. The van der Waals surface area contributed by atoms with Gasteiger partial charge in [-0.2, -0.15) is 5.10 Å². The van der Waals surface area contributed by atoms with Gasteiger partial charge in [-0.3, -0.25) is 4.68 Å². The van der Waals surface area contributed by atoms with E-state index >= 15 is 0 Å². The van der Waals surface area contributed by atoms with Gasteiger partial charge in [0.2, 0.25) is 0 Å². The SMILES string of the molecule is CCc1nn(C)c(CCCC(Cl)c2ccccc2)c1Cl. The molecule has 1 aromatic carbocycles. The largest absolute Gasteiger partial charge is 0.271 e. The maximum atomic E-state index is 6.43. The first-order valence-electron chi connectivity index (χ1n) is 7.02. The summed E-state index contributed by atoms with van der Waals surface area (Å²) in [5, 5.41) is 5.32. The second-order valence-electron chi connectivity index (χ2n) is 4.95. The molecule has 0 aliphatic rings. The molecule has 1 unspecified atom stereocenters. The molecule has 0 bridgehead atoms. The molecule has 0 aliphatic carbocycles. The Morgan fingerprint density at radius 3 is 2.55 bits per heavy atom. The number of hydrogen-bond donors (Lipinski definition) is 0. The second kappa shape index (κ2) is 7.14. The van der Waals surface area contributed by atoms with Crippen molar-refractivity contribution in [1.82, 2.24) is 9.78 Å². The summed E-state index contributed by atoms with van der Waals surface area (Å²) in [7, 11) is 1.95. The highest BCUT2D eigenvalue weighted by Crippen LogP contribution is 2.28. The molecule has 4 heteroatoms. The van der Waals surface area contributed by atoms with Crippen LogP contribution in [0.2, 0.25) is 5.02 Å². The van der Waals surface area contributed by atoms with E-state index in [0.29, 0.717) is 0 Å². The summed E-state index contributed by atoms with van der Waals surface area (Å²) < 4.78 is 1.90. The van der Waals surface area contributed by atoms with E-state index in [1.165, 1.54) is 5.56 Å². The molecule has 0 spiro atoms. The number of aryl methyl sites for hydroxylation is 2. The Hall–Kier alpha value is -0.990. The average Bonchev–Trinajstić information content (AvgIpc) is 2.75. The Morgan fingerprint density at radius 1 is 1.25 bits per heavy atom. The lowest BCUT2D eigenvalue weighted by atomic mass is 10.1. The van der Waals surface area contributed by atoms with Crippen molar-refractivity contribution >= 4 is 23.2 Å². The summed E-state index contributed by atoms with van der Waals surface area (Å²) in [4.78, 5) is 0. The number of hydrogen-bond acceptors (Lipinski definition) is 1. The molecule has 0 radical (unpaired) electrons. The zero-order chi connectivity index (χ0) is 14.5. The maximum Gasteiger partial charge on any atom is 0.0849 e. The Labute approximate surface area is 130 Å². The van der Waals surface area contributed by atoms with Crippen molar-refractivity contribution in [2.45, 2.75) is 38.0 Å². The molecule has 0 aliphatic heterocycles. The molecule has 2 rings (SSSR count). The van der Waals surface area contributed by atoms with E-state index in [2.05, 4.69) is 24.2 Å². The lowest BCUT2D eigenvalue weighted by molar-refractivity contribution is 0.649. The number of rotatable bonds is 6. The van der Waals surface area contributed by atoms with Gasteiger partial charge in [0.15, 0.2) is 0 Å². The number of benzene rings is 1. The predicted octanol–water partition coefficient (Wildman–Crippen LogP) is 4.94. The minimum absolute atomic E-state index is 0.0637. The summed E-state index contributed by atoms with van der Waals surface area (Å²) in [5.41, 5.74) is 3.27. The summed E-state index contributed by atoms with van der Waals surface area (Å²) in [6.07, 6.45) is 3.73. The van der Waals surface area contributed by atoms with Crippen LogP contribution in [0, 0.1) is 0 Å². The van der Waals surface area contributed by atoms with Crippen molar-refractivity contribution in [3.05, 3.63) is 52.3 Å². The molecule has 0 fully saturated rings. The molecule has 0 N–H and O–H groups in total. The fourth-order valence-corrected chi connectivity index (χ4v) is 3.06. The van der Waals surface area contributed by atoms with Crippen LogP contribution in [0.25, 0.3) is 0 Å². The topological polar surface area (TPSA) is 17.8 Å². The summed E-state index contributed by atoms with van der Waals surface area (Å²) in [6.45, 7) is 2.07. The van der Waals surface area contributed by atoms with Crippen molar-refractivity contribution in [3.63, 3.8) is 0 Å². The summed E-state index contributed by atoms with van der Waals surface area (Å²) >= 11 is 12.8. The van der Waals surface area contributed by atoms with Crippen molar-refractivity contribution < 1.29 is 0 Å². The molecular formula is C16H20Cl2N2. The van der Waals surface area contributed by atoms with Crippen molar-refractivity contribution in [2.24, 2.45) is 7.05 Å². The van der Waals surface area contributed by atoms with Crippen LogP contribution in [0.5, 0.6) is 0 Å². The van der Waals surface area contributed by atoms with E-state index in [0.717, 1.165) is 42.1 Å². The number of halogens is 2. The van der Waals surface area contributed by atoms with Gasteiger partial charge in [0.25, 0.3) is 0 Å². The third-order valence-corrected chi connectivity index (χ3v) is 4.44. The quantitative estimate of drug-likeness (QED) is 0.691. The van der Waals surface area contributed by atoms with Crippen molar-refractivity contribution in [2.75, 3.05) is 0 Å². The van der Waals surface area contributed by atoms with E-state index in [1.807, 2.05) is 29.9 Å². The Morgan fingerprint density at radius 2 is 1.95 bits per heavy atom. The average molecular weight is 311 g/mol. The standard InChI is InChI=1S/C16H20Cl2N2/c1-3-14-16(18)15(20(2)19-14)11-7-10-13(17)12-8-5-4-6-9-12/h4-6,8-9,13H,3,7,10-11H2,1-2H3. The van der Waals surface area contributed by atoms with E-state index in [9.17, 15) is 0 Å². The van der Waals surface area contributed by atoms with Gasteiger partial charge in [0.05, 0.1) is 21.8 Å². The molecule has 20 heavy (non-hydrogen) atoms. The van der Waals surface area contributed by atoms with Gasteiger partial charge >= 0.3 is 0 Å². The normalized spacial score (nSPS) is 12.6. The van der Waals surface area contributed by atoms with Crippen LogP contribution < -0.4 is 0 Å². The molecule has 2 nitrogen and oxygen atoms in total. The van der Waals surface area contributed by atoms with Crippen molar-refractivity contribution in [3.8, 4) is 0 Å². The molecular weight excluding hydrogens is 291 g/mol. The third kappa shape index (κ3) is 3.56. The van der Waals surface area contributed by atoms with E-state index in [4.69, 9.17) is 23.2 Å². The zero-order valence-electron chi connectivity index (χ0n) is 11.9. The van der Waals surface area contributed by atoms with Gasteiger partial charge in [0.1, 0.15) is 0 Å². The summed E-state index contributed by atoms with van der Waals surface area (Å²) in [6, 6.07) is 10.2. The first-order valence-corrected chi connectivity index (χ1v) is 7.84. The van der Waals surface area contributed by atoms with Crippen LogP contribution in [0.3, 0.4) is 0 Å². The first-order chi connectivity index (χ1) is 9.63. The monoisotopic (exact) mass is 310 g/mol. The fraction of sp³-hybridized carbons (Fsp3) is 0.438. The molecule has 0 saturated heterocycles. The van der Waals surface area contributed by atoms with E-state index in [1.54, 1.807) is 0 Å². The number of nitrogens with zero attached hydrogens (tertiary/aromatic N) is 2. The Bertz CT molecular complexity index is 549. The first kappa shape index (κ1) is 15.4. The molecule has 108 valence electrons. The molecule has 2 aromatic rings. The van der Waals surface area contributed by atoms with Gasteiger partial charge in [-0.15, -0.1) is 11.6 Å². The van der Waals surface area contributed by atoms with Crippen LogP contribution in [0.1, 0.15) is 42.1 Å². The van der Waals surface area contributed by atoms with Crippen LogP contribution in [0.4, 0.5) is 0 Å². The van der Waals surface area contributed by atoms with Gasteiger partial charge in [-0.05, 0) is 31.2 Å². The lowest BCUT2D eigenvalue weighted by Crippen LogP contribution is -2.00. The van der Waals surface area contributed by atoms with Crippen molar-refractivity contribution in [1.29, 1.82) is 0 Å². The zero-order valence-corrected chi connectivity index (χ0v) is 13.5. The smallest absolute Gasteiger partial charge is 0.0849 e. The molecule has 0 saturated carbocycles. The van der Waals surface area contributed by atoms with E-state index < -0.39 is 0 Å². The van der Waals surface area contributed by atoms with E-state index in [-0.39, 0.29) is 5.38 Å². The van der Waals surface area contributed by atoms with Crippen LogP contribution in [0.15, 0.2) is 30.3 Å². The predicted molar refractivity (Wildman–Crippen MR) is 85.6 cm³/mol. The fourth-order valence-electron chi connectivity index (χ4n) is 2.37. The van der Waals surface area contributed by atoms with Crippen LogP contribution >= 0.6 is 23.2 Å². The van der Waals surface area contributed by atoms with Gasteiger partial charge in [-0.1, -0.05) is 48.9 Å². The maximum absolute atomic E-state index is 6.43. The minimum atomic E-state index is 0.0637. The third-order valence-electron chi connectivity index (χ3n) is 3.54. The van der Waals surface area contributed by atoms with Gasteiger partial charge in [-0.25, -0.2) is 0 Å². The minimum Gasteiger partial charge on any atom is -0.271 e. The Kier molecular flexibility index (Phi) is 5.50. The van der Waals surface area contributed by atoms with Gasteiger partial charge in [0, 0.05) is 7.05 Å². The Balaban J connectivity index is 1.92. The highest BCUT2D eigenvalue weighted by Gasteiger charge is 2.13. The van der Waals surface area contributed by atoms with Crippen LogP contribution in [-0.2, 0) is 19.9 Å². The number of aromatic nitrogens is 2. The highest BCUT2D eigenvalue weighted by molar-refractivity contribution is 6.31. The lowest BCUT2D eigenvalue weighted by Gasteiger charge is -2.09. The van der Waals surface area contributed by atoms with Gasteiger partial charge < -0.3 is 0 Å². The molecule has 1 heterocycles. The number of alkyl halides is 1. The molecule has 1 atom stereocenters. The summed E-state index contributed by atoms with van der Waals surface area (Å²) in [5.74, 6) is 0. The molecule has 0 amide bonds. The van der Waals surface area contributed by atoms with Crippen LogP contribution in [-0.4, -0.2) is 9.78 Å². The highest BCUT2D eigenvalue weighted by atomic mass is 35.5. The second-order valence-corrected chi connectivity index (χ2v) is 5.86.